The Kier molecular flexibility index (Phi) is 11.9. The molecular weight excluding hydrogens is 403 g/mol. The molecule has 0 aliphatic carbocycles. The zero-order chi connectivity index (χ0) is 19.7. The zero-order valence-electron chi connectivity index (χ0n) is 16.7. The Morgan fingerprint density at radius 2 is 1.57 bits per heavy atom. The van der Waals surface area contributed by atoms with Gasteiger partial charge in [-0.25, -0.2) is 0 Å². The molecule has 0 spiro atoms. The predicted molar refractivity (Wildman–Crippen MR) is 104 cm³/mol. The molecule has 0 fully saturated rings. The Bertz CT molecular complexity index is 836. The molecule has 148 valence electrons. The Balaban J connectivity index is 0.00000392. The minimum Gasteiger partial charge on any atom is -0.870 e. The van der Waals surface area contributed by atoms with E-state index in [0.29, 0.717) is 5.75 Å². The van der Waals surface area contributed by atoms with E-state index in [0.717, 1.165) is 43.0 Å². The average Bonchev–Trinajstić information content (AvgIpc) is 2.63. The van der Waals surface area contributed by atoms with E-state index in [1.54, 1.807) is 12.1 Å². The molecule has 0 unspecified atom stereocenters. The number of hydrogen-bond acceptors (Lipinski definition) is 4. The topological polar surface area (TPSA) is 86.7 Å². The van der Waals surface area contributed by atoms with Crippen LogP contribution in [0.1, 0.15) is 57.4 Å². The second-order valence-electron chi connectivity index (χ2n) is 6.66. The standard InChI is InChI=1S/C21H28O5S.K/c1-2-3-4-5-6-7-8-11-17-12-9-10-13-20(17)26-21-16-18(27(23,24)25)14-15-19(21)22;/h9-10,12-16,22H,2-8,11H2,1H3,(H,23,24,25);/q;+1/p-1. The maximum Gasteiger partial charge on any atom is 1.00 e. The van der Waals surface area contributed by atoms with E-state index in [2.05, 4.69) is 6.92 Å². The Hall–Kier alpha value is -0.414. The van der Waals surface area contributed by atoms with Crippen LogP contribution >= 0.6 is 0 Å². The quantitative estimate of drug-likeness (QED) is 0.335. The van der Waals surface area contributed by atoms with Gasteiger partial charge in [-0.15, -0.1) is 0 Å². The van der Waals surface area contributed by atoms with Crippen molar-refractivity contribution < 1.29 is 74.2 Å². The SMILES string of the molecule is CCCCCCCCCc1ccccc1Oc1cc(S(=O)(=O)O)ccc1[O-].[K+]. The second kappa shape index (κ2) is 13.0. The van der Waals surface area contributed by atoms with E-state index >= 15 is 0 Å². The predicted octanol–water partition coefficient (Wildman–Crippen LogP) is 2.10. The molecular formula is C21H27KO5S. The van der Waals surface area contributed by atoms with Crippen LogP contribution in [0.25, 0.3) is 0 Å². The fourth-order valence-corrected chi connectivity index (χ4v) is 3.43. The van der Waals surface area contributed by atoms with Gasteiger partial charge in [0, 0.05) is 6.07 Å². The van der Waals surface area contributed by atoms with Gasteiger partial charge in [0.1, 0.15) is 11.5 Å². The monoisotopic (exact) mass is 430 g/mol. The molecule has 2 aromatic carbocycles. The molecule has 1 N–H and O–H groups in total. The number of para-hydroxylation sites is 1. The van der Waals surface area contributed by atoms with Gasteiger partial charge in [0.25, 0.3) is 10.1 Å². The van der Waals surface area contributed by atoms with Crippen LogP contribution in [-0.2, 0) is 16.5 Å². The maximum atomic E-state index is 12.0. The number of aryl methyl sites for hydroxylation is 1. The van der Waals surface area contributed by atoms with Gasteiger partial charge < -0.3 is 9.84 Å². The van der Waals surface area contributed by atoms with Crippen LogP contribution in [0.15, 0.2) is 47.4 Å². The van der Waals surface area contributed by atoms with E-state index in [1.165, 1.54) is 32.1 Å². The van der Waals surface area contributed by atoms with E-state index in [-0.39, 0.29) is 62.0 Å². The Morgan fingerprint density at radius 1 is 0.929 bits per heavy atom. The van der Waals surface area contributed by atoms with Gasteiger partial charge in [0.05, 0.1) is 4.90 Å². The first-order chi connectivity index (χ1) is 12.9. The average molecular weight is 431 g/mol. The maximum absolute atomic E-state index is 12.0. The van der Waals surface area contributed by atoms with Gasteiger partial charge in [-0.05, 0) is 30.5 Å². The smallest absolute Gasteiger partial charge is 0.870 e. The molecule has 2 aromatic rings. The third kappa shape index (κ3) is 8.53. The van der Waals surface area contributed by atoms with Crippen molar-refractivity contribution in [2.24, 2.45) is 0 Å². The van der Waals surface area contributed by atoms with Crippen molar-refractivity contribution >= 4 is 10.1 Å². The number of rotatable bonds is 11. The molecule has 0 atom stereocenters. The van der Waals surface area contributed by atoms with Crippen molar-refractivity contribution in [3.63, 3.8) is 0 Å². The summed E-state index contributed by atoms with van der Waals surface area (Å²) in [5.41, 5.74) is 0.975. The summed E-state index contributed by atoms with van der Waals surface area (Å²) in [6, 6.07) is 10.6. The van der Waals surface area contributed by atoms with Crippen LogP contribution in [0, 0.1) is 0 Å². The zero-order valence-corrected chi connectivity index (χ0v) is 20.6. The van der Waals surface area contributed by atoms with Crippen molar-refractivity contribution in [2.45, 2.75) is 63.2 Å². The molecule has 0 bridgehead atoms. The van der Waals surface area contributed by atoms with Crippen LogP contribution in [0.2, 0.25) is 0 Å². The van der Waals surface area contributed by atoms with Crippen LogP contribution in [-0.4, -0.2) is 13.0 Å². The minimum atomic E-state index is -4.39. The number of hydrogen-bond donors (Lipinski definition) is 1. The molecule has 28 heavy (non-hydrogen) atoms. The fraction of sp³-hybridized carbons (Fsp3) is 0.429. The molecule has 5 nitrogen and oxygen atoms in total. The van der Waals surface area contributed by atoms with E-state index in [4.69, 9.17) is 9.29 Å². The molecule has 0 aliphatic heterocycles. The molecule has 0 heterocycles. The van der Waals surface area contributed by atoms with Gasteiger partial charge in [-0.3, -0.25) is 4.55 Å². The number of unbranched alkanes of at least 4 members (excludes halogenated alkanes) is 6. The van der Waals surface area contributed by atoms with Crippen molar-refractivity contribution in [3.05, 3.63) is 48.0 Å². The third-order valence-corrected chi connectivity index (χ3v) is 5.30. The second-order valence-corrected chi connectivity index (χ2v) is 8.09. The molecule has 2 rings (SSSR count). The molecule has 0 saturated carbocycles. The first-order valence-electron chi connectivity index (χ1n) is 9.46. The van der Waals surface area contributed by atoms with Gasteiger partial charge in [-0.2, -0.15) is 8.42 Å². The van der Waals surface area contributed by atoms with Gasteiger partial charge in [-0.1, -0.05) is 75.5 Å². The van der Waals surface area contributed by atoms with Crippen molar-refractivity contribution in [2.75, 3.05) is 0 Å². The first kappa shape index (κ1) is 25.6. The summed E-state index contributed by atoms with van der Waals surface area (Å²) in [5, 5.41) is 12.0. The summed E-state index contributed by atoms with van der Waals surface area (Å²) in [7, 11) is -4.39. The first-order valence-corrected chi connectivity index (χ1v) is 10.9. The molecule has 0 aromatic heterocycles. The Labute approximate surface area is 210 Å². The van der Waals surface area contributed by atoms with Crippen LogP contribution in [0.3, 0.4) is 0 Å². The van der Waals surface area contributed by atoms with Crippen LogP contribution in [0.5, 0.6) is 17.2 Å². The van der Waals surface area contributed by atoms with Gasteiger partial charge in [0.2, 0.25) is 0 Å². The Morgan fingerprint density at radius 3 is 2.25 bits per heavy atom. The largest absolute Gasteiger partial charge is 1.00 e. The minimum absolute atomic E-state index is 0. The van der Waals surface area contributed by atoms with E-state index in [9.17, 15) is 13.5 Å². The summed E-state index contributed by atoms with van der Waals surface area (Å²) >= 11 is 0. The van der Waals surface area contributed by atoms with Gasteiger partial charge >= 0.3 is 51.4 Å². The molecule has 7 heteroatoms. The molecule has 0 saturated heterocycles. The van der Waals surface area contributed by atoms with Gasteiger partial charge in [0.15, 0.2) is 0 Å². The van der Waals surface area contributed by atoms with Crippen molar-refractivity contribution in [3.8, 4) is 17.2 Å². The third-order valence-electron chi connectivity index (χ3n) is 4.46. The number of ether oxygens (including phenoxy) is 1. The van der Waals surface area contributed by atoms with E-state index < -0.39 is 15.9 Å². The fourth-order valence-electron chi connectivity index (χ4n) is 2.93. The summed E-state index contributed by atoms with van der Waals surface area (Å²) in [4.78, 5) is -0.360. The van der Waals surface area contributed by atoms with E-state index in [1.807, 2.05) is 12.1 Å². The normalized spacial score (nSPS) is 11.1. The summed E-state index contributed by atoms with van der Waals surface area (Å²) in [5.74, 6) is -0.0154. The summed E-state index contributed by atoms with van der Waals surface area (Å²) in [6.07, 6.45) is 9.29. The number of benzene rings is 2. The summed E-state index contributed by atoms with van der Waals surface area (Å²) in [6.45, 7) is 2.20. The van der Waals surface area contributed by atoms with Crippen LogP contribution < -0.4 is 61.2 Å². The van der Waals surface area contributed by atoms with Crippen LogP contribution in [0.4, 0.5) is 0 Å². The van der Waals surface area contributed by atoms with Crippen molar-refractivity contribution in [1.82, 2.24) is 0 Å². The molecule has 0 amide bonds. The van der Waals surface area contributed by atoms with Crippen molar-refractivity contribution in [1.29, 1.82) is 0 Å². The molecule has 0 aliphatic rings. The summed E-state index contributed by atoms with van der Waals surface area (Å²) < 4.78 is 37.4. The molecule has 0 radical (unpaired) electrons.